The molecule has 0 bridgehead atoms. The van der Waals surface area contributed by atoms with Crippen LogP contribution < -0.4 is 10.1 Å². The van der Waals surface area contributed by atoms with E-state index in [9.17, 15) is 26.4 Å². The van der Waals surface area contributed by atoms with Gasteiger partial charge in [0, 0.05) is 19.3 Å². The van der Waals surface area contributed by atoms with Crippen LogP contribution in [0.25, 0.3) is 0 Å². The Morgan fingerprint density at radius 3 is 2.50 bits per heavy atom. The number of benzene rings is 1. The van der Waals surface area contributed by atoms with Gasteiger partial charge < -0.3 is 10.1 Å². The van der Waals surface area contributed by atoms with Gasteiger partial charge in [0.2, 0.25) is 15.9 Å². The fourth-order valence-corrected chi connectivity index (χ4v) is 5.35. The number of sulfonamides is 1. The number of alkyl halides is 3. The maximum absolute atomic E-state index is 12.9. The molecule has 1 N–H and O–H groups in total. The third-order valence-corrected chi connectivity index (χ3v) is 7.65. The van der Waals surface area contributed by atoms with Gasteiger partial charge >= 0.3 is 6.18 Å². The number of piperidine rings is 1. The Morgan fingerprint density at radius 2 is 1.91 bits per heavy atom. The number of halogens is 3. The molecule has 3 rings (SSSR count). The van der Waals surface area contributed by atoms with Crippen molar-refractivity contribution in [1.82, 2.24) is 9.29 Å². The Kier molecular flexibility index (Phi) is 7.67. The number of carbonyl (C=O) groups excluding carboxylic acids is 1. The first-order chi connectivity index (χ1) is 15.1. The van der Waals surface area contributed by atoms with Crippen LogP contribution in [0.1, 0.15) is 24.8 Å². The van der Waals surface area contributed by atoms with E-state index in [1.807, 2.05) is 0 Å². The van der Waals surface area contributed by atoms with E-state index in [1.54, 1.807) is 0 Å². The molecule has 12 heteroatoms. The molecule has 1 aliphatic heterocycles. The van der Waals surface area contributed by atoms with Gasteiger partial charge in [-0.25, -0.2) is 13.4 Å². The van der Waals surface area contributed by atoms with E-state index in [1.165, 1.54) is 35.7 Å². The van der Waals surface area contributed by atoms with Crippen molar-refractivity contribution in [2.45, 2.75) is 35.4 Å². The van der Waals surface area contributed by atoms with E-state index in [4.69, 9.17) is 4.74 Å². The second-order valence-corrected chi connectivity index (χ2v) is 9.98. The molecule has 0 aliphatic carbocycles. The number of ether oxygens (including phenoxy) is 1. The molecule has 1 saturated heterocycles. The quantitative estimate of drug-likeness (QED) is 0.591. The molecule has 1 aromatic carbocycles. The van der Waals surface area contributed by atoms with Gasteiger partial charge in [-0.05, 0) is 43.2 Å². The largest absolute Gasteiger partial charge is 0.495 e. The SMILES string of the molecule is COc1ccc(S(=O)(=O)N2CCCCC2)cc1NC(=O)CSc1ccc(C(F)(F)F)cn1. The molecule has 1 amide bonds. The van der Waals surface area contributed by atoms with E-state index in [2.05, 4.69) is 10.3 Å². The molecule has 0 spiro atoms. The molecule has 0 unspecified atom stereocenters. The minimum atomic E-state index is -4.48. The molecule has 0 atom stereocenters. The molecule has 1 fully saturated rings. The molecule has 174 valence electrons. The summed E-state index contributed by atoms with van der Waals surface area (Å²) in [5.74, 6) is -0.332. The van der Waals surface area contributed by atoms with Crippen LogP contribution in [0.2, 0.25) is 0 Å². The minimum absolute atomic E-state index is 0.0487. The number of carbonyl (C=O) groups is 1. The standard InChI is InChI=1S/C20H22F3N3O4S2/c1-30-17-7-6-15(32(28,29)26-9-3-2-4-10-26)11-16(17)25-18(27)13-31-19-8-5-14(12-24-19)20(21,22)23/h5-8,11-12H,2-4,9-10,13H2,1H3,(H,25,27). The number of aromatic nitrogens is 1. The van der Waals surface area contributed by atoms with Crippen molar-refractivity contribution < 1.29 is 31.1 Å². The summed E-state index contributed by atoms with van der Waals surface area (Å²) < 4.78 is 70.3. The highest BCUT2D eigenvalue weighted by Gasteiger charge is 2.30. The predicted octanol–water partition coefficient (Wildman–Crippen LogP) is 4.01. The lowest BCUT2D eigenvalue weighted by atomic mass is 10.2. The fourth-order valence-electron chi connectivity index (χ4n) is 3.16. The number of hydrogen-bond acceptors (Lipinski definition) is 6. The molecule has 0 saturated carbocycles. The maximum Gasteiger partial charge on any atom is 0.417 e. The summed E-state index contributed by atoms with van der Waals surface area (Å²) in [7, 11) is -2.30. The number of thioether (sulfide) groups is 1. The van der Waals surface area contributed by atoms with Gasteiger partial charge in [-0.15, -0.1) is 0 Å². The lowest BCUT2D eigenvalue weighted by Gasteiger charge is -2.26. The number of anilines is 1. The number of rotatable bonds is 7. The highest BCUT2D eigenvalue weighted by molar-refractivity contribution is 7.99. The summed E-state index contributed by atoms with van der Waals surface area (Å²) >= 11 is 0.955. The first kappa shape index (κ1) is 24.3. The van der Waals surface area contributed by atoms with Crippen molar-refractivity contribution in [2.24, 2.45) is 0 Å². The van der Waals surface area contributed by atoms with E-state index in [0.717, 1.165) is 37.1 Å². The minimum Gasteiger partial charge on any atom is -0.495 e. The number of amides is 1. The molecule has 1 aliphatic rings. The third kappa shape index (κ3) is 5.93. The second kappa shape index (κ2) is 10.1. The highest BCUT2D eigenvalue weighted by Crippen LogP contribution is 2.31. The van der Waals surface area contributed by atoms with Crippen molar-refractivity contribution in [3.05, 3.63) is 42.1 Å². The lowest BCUT2D eigenvalue weighted by Crippen LogP contribution is -2.35. The normalized spacial score (nSPS) is 15.4. The van der Waals surface area contributed by atoms with Crippen LogP contribution in [0.5, 0.6) is 5.75 Å². The van der Waals surface area contributed by atoms with E-state index < -0.39 is 27.7 Å². The molecule has 1 aromatic heterocycles. The number of nitrogens with one attached hydrogen (secondary N) is 1. The molecule has 7 nitrogen and oxygen atoms in total. The average molecular weight is 490 g/mol. The van der Waals surface area contributed by atoms with Crippen LogP contribution in [0.3, 0.4) is 0 Å². The van der Waals surface area contributed by atoms with Crippen molar-refractivity contribution in [2.75, 3.05) is 31.3 Å². The van der Waals surface area contributed by atoms with Crippen molar-refractivity contribution in [1.29, 1.82) is 0 Å². The van der Waals surface area contributed by atoms with Crippen LogP contribution in [-0.4, -0.2) is 49.6 Å². The Hall–Kier alpha value is -2.31. The number of nitrogens with zero attached hydrogens (tertiary/aromatic N) is 2. The summed E-state index contributed by atoms with van der Waals surface area (Å²) in [5.41, 5.74) is -0.681. The van der Waals surface area contributed by atoms with Crippen LogP contribution in [0.4, 0.5) is 18.9 Å². The highest BCUT2D eigenvalue weighted by atomic mass is 32.2. The van der Waals surface area contributed by atoms with Crippen LogP contribution >= 0.6 is 11.8 Å². The molecule has 2 heterocycles. The van der Waals surface area contributed by atoms with Crippen LogP contribution in [0, 0.1) is 0 Å². The van der Waals surface area contributed by atoms with Crippen molar-refractivity contribution in [3.8, 4) is 5.75 Å². The second-order valence-electron chi connectivity index (χ2n) is 7.05. The van der Waals surface area contributed by atoms with Gasteiger partial charge in [0.15, 0.2) is 0 Å². The number of pyridine rings is 1. The Morgan fingerprint density at radius 1 is 1.19 bits per heavy atom. The van der Waals surface area contributed by atoms with Gasteiger partial charge in [0.05, 0.1) is 34.0 Å². The summed E-state index contributed by atoms with van der Waals surface area (Å²) in [4.78, 5) is 16.1. The lowest BCUT2D eigenvalue weighted by molar-refractivity contribution is -0.137. The number of hydrogen-bond donors (Lipinski definition) is 1. The van der Waals surface area contributed by atoms with Crippen LogP contribution in [-0.2, 0) is 21.0 Å². The topological polar surface area (TPSA) is 88.6 Å². The van der Waals surface area contributed by atoms with Crippen molar-refractivity contribution >= 4 is 33.4 Å². The average Bonchev–Trinajstić information content (AvgIpc) is 2.78. The first-order valence-corrected chi connectivity index (χ1v) is 12.2. The molecular formula is C20H22F3N3O4S2. The monoisotopic (exact) mass is 489 g/mol. The summed E-state index contributed by atoms with van der Waals surface area (Å²) in [6.45, 7) is 0.902. The predicted molar refractivity (Wildman–Crippen MR) is 114 cm³/mol. The van der Waals surface area contributed by atoms with E-state index >= 15 is 0 Å². The number of methoxy groups -OCH3 is 1. The molecule has 32 heavy (non-hydrogen) atoms. The molecular weight excluding hydrogens is 467 g/mol. The Labute approximate surface area is 188 Å². The van der Waals surface area contributed by atoms with Gasteiger partial charge in [-0.2, -0.15) is 17.5 Å². The van der Waals surface area contributed by atoms with Gasteiger partial charge in [-0.3, -0.25) is 4.79 Å². The Bertz CT molecular complexity index is 1050. The summed E-state index contributed by atoms with van der Waals surface area (Å²) in [5, 5.41) is 2.86. The third-order valence-electron chi connectivity index (χ3n) is 4.81. The zero-order valence-electron chi connectivity index (χ0n) is 17.2. The summed E-state index contributed by atoms with van der Waals surface area (Å²) in [6.07, 6.45) is -1.19. The van der Waals surface area contributed by atoms with E-state index in [0.29, 0.717) is 19.3 Å². The Balaban J connectivity index is 1.69. The fraction of sp³-hybridized carbons (Fsp3) is 0.400. The zero-order valence-corrected chi connectivity index (χ0v) is 18.8. The molecule has 0 radical (unpaired) electrons. The van der Waals surface area contributed by atoms with Crippen molar-refractivity contribution in [3.63, 3.8) is 0 Å². The van der Waals surface area contributed by atoms with E-state index in [-0.39, 0.29) is 27.1 Å². The van der Waals surface area contributed by atoms with Gasteiger partial charge in [0.1, 0.15) is 5.75 Å². The zero-order chi connectivity index (χ0) is 23.4. The first-order valence-electron chi connectivity index (χ1n) is 9.75. The van der Waals surface area contributed by atoms with Gasteiger partial charge in [-0.1, -0.05) is 18.2 Å². The maximum atomic E-state index is 12.9. The smallest absolute Gasteiger partial charge is 0.417 e. The summed E-state index contributed by atoms with van der Waals surface area (Å²) in [6, 6.07) is 6.33. The van der Waals surface area contributed by atoms with Gasteiger partial charge in [0.25, 0.3) is 0 Å². The molecule has 2 aromatic rings. The van der Waals surface area contributed by atoms with Crippen LogP contribution in [0.15, 0.2) is 46.5 Å².